The summed E-state index contributed by atoms with van der Waals surface area (Å²) in [7, 11) is 1.63. The Morgan fingerprint density at radius 1 is 1.13 bits per heavy atom. The molecule has 4 rings (SSSR count). The molecule has 1 saturated heterocycles. The van der Waals surface area contributed by atoms with Crippen LogP contribution in [-0.2, 0) is 22.6 Å². The first-order chi connectivity index (χ1) is 14.6. The first-order valence-electron chi connectivity index (χ1n) is 9.68. The van der Waals surface area contributed by atoms with Crippen molar-refractivity contribution in [2.24, 2.45) is 5.92 Å². The number of benzene rings is 2. The van der Waals surface area contributed by atoms with Gasteiger partial charge in [-0.1, -0.05) is 53.8 Å². The minimum absolute atomic E-state index is 0.00328. The summed E-state index contributed by atoms with van der Waals surface area (Å²) >= 11 is 1.35. The van der Waals surface area contributed by atoms with E-state index in [-0.39, 0.29) is 24.2 Å². The van der Waals surface area contributed by atoms with Crippen LogP contribution >= 0.6 is 11.3 Å². The lowest BCUT2D eigenvalue weighted by molar-refractivity contribution is -0.128. The smallest absolute Gasteiger partial charge is 0.231 e. The second kappa shape index (κ2) is 9.04. The van der Waals surface area contributed by atoms with Gasteiger partial charge in [-0.3, -0.25) is 9.59 Å². The third-order valence-corrected chi connectivity index (χ3v) is 5.85. The molecule has 2 heterocycles. The fourth-order valence-corrected chi connectivity index (χ4v) is 4.18. The van der Waals surface area contributed by atoms with Gasteiger partial charge in [0.1, 0.15) is 10.8 Å². The molecule has 0 radical (unpaired) electrons. The lowest BCUT2D eigenvalue weighted by atomic mass is 10.1. The SMILES string of the molecule is COc1ccc(Cc2nnc(NC(=O)[C@H]3CC(=O)N(Cc4ccccc4)C3)s2)cc1. The van der Waals surface area contributed by atoms with Crippen molar-refractivity contribution in [3.8, 4) is 5.75 Å². The standard InChI is InChI=1S/C22H22N4O3S/c1-29-18-9-7-15(8-10-18)11-19-24-25-22(30-19)23-21(28)17-12-20(27)26(14-17)13-16-5-3-2-4-6-16/h2-10,17H,11-14H2,1H3,(H,23,25,28)/t17-/m0/s1. The molecule has 1 aromatic heterocycles. The van der Waals surface area contributed by atoms with Gasteiger partial charge in [0.2, 0.25) is 16.9 Å². The zero-order chi connectivity index (χ0) is 20.9. The van der Waals surface area contributed by atoms with Crippen molar-refractivity contribution in [1.82, 2.24) is 15.1 Å². The van der Waals surface area contributed by atoms with Crippen LogP contribution < -0.4 is 10.1 Å². The molecule has 0 unspecified atom stereocenters. The topological polar surface area (TPSA) is 84.4 Å². The number of anilines is 1. The molecule has 0 saturated carbocycles. The molecule has 0 aliphatic carbocycles. The molecule has 154 valence electrons. The van der Waals surface area contributed by atoms with Gasteiger partial charge >= 0.3 is 0 Å². The zero-order valence-corrected chi connectivity index (χ0v) is 17.4. The minimum atomic E-state index is -0.379. The number of amides is 2. The molecule has 0 spiro atoms. The molecule has 1 aliphatic rings. The van der Waals surface area contributed by atoms with Gasteiger partial charge in [0.25, 0.3) is 0 Å². The van der Waals surface area contributed by atoms with Crippen LogP contribution in [0.5, 0.6) is 5.75 Å². The Morgan fingerprint density at radius 3 is 2.63 bits per heavy atom. The highest BCUT2D eigenvalue weighted by Gasteiger charge is 2.34. The molecule has 1 atom stereocenters. The molecule has 1 aliphatic heterocycles. The molecule has 3 aromatic rings. The van der Waals surface area contributed by atoms with E-state index in [9.17, 15) is 9.59 Å². The number of carbonyl (C=O) groups excluding carboxylic acids is 2. The van der Waals surface area contributed by atoms with Crippen LogP contribution in [0.15, 0.2) is 54.6 Å². The number of hydrogen-bond acceptors (Lipinski definition) is 6. The van der Waals surface area contributed by atoms with Crippen molar-refractivity contribution in [3.63, 3.8) is 0 Å². The van der Waals surface area contributed by atoms with Gasteiger partial charge in [-0.05, 0) is 23.3 Å². The second-order valence-corrected chi connectivity index (χ2v) is 8.24. The van der Waals surface area contributed by atoms with E-state index in [4.69, 9.17) is 4.74 Å². The van der Waals surface area contributed by atoms with Gasteiger partial charge in [-0.25, -0.2) is 0 Å². The van der Waals surface area contributed by atoms with Crippen LogP contribution in [0.4, 0.5) is 5.13 Å². The van der Waals surface area contributed by atoms with E-state index in [2.05, 4.69) is 15.5 Å². The maximum atomic E-state index is 12.6. The Bertz CT molecular complexity index is 1020. The van der Waals surface area contributed by atoms with E-state index < -0.39 is 0 Å². The third kappa shape index (κ3) is 4.83. The number of nitrogens with zero attached hydrogens (tertiary/aromatic N) is 3. The third-order valence-electron chi connectivity index (χ3n) is 5.01. The first-order valence-corrected chi connectivity index (χ1v) is 10.5. The first kappa shape index (κ1) is 20.0. The molecular formula is C22H22N4O3S. The Morgan fingerprint density at radius 2 is 1.90 bits per heavy atom. The number of carbonyl (C=O) groups is 2. The average molecular weight is 423 g/mol. The summed E-state index contributed by atoms with van der Waals surface area (Å²) in [6.45, 7) is 0.936. The second-order valence-electron chi connectivity index (χ2n) is 7.18. The number of aromatic nitrogens is 2. The van der Waals surface area contributed by atoms with E-state index in [1.807, 2.05) is 54.6 Å². The van der Waals surface area contributed by atoms with Gasteiger partial charge in [0, 0.05) is 25.9 Å². The summed E-state index contributed by atoms with van der Waals surface area (Å²) in [5, 5.41) is 12.3. The van der Waals surface area contributed by atoms with Gasteiger partial charge in [0.05, 0.1) is 13.0 Å². The molecule has 2 amide bonds. The van der Waals surface area contributed by atoms with Crippen LogP contribution in [0.1, 0.15) is 22.6 Å². The normalized spacial score (nSPS) is 16.0. The van der Waals surface area contributed by atoms with Gasteiger partial charge < -0.3 is 15.0 Å². The summed E-state index contributed by atoms with van der Waals surface area (Å²) in [6.07, 6.45) is 0.848. The molecule has 0 bridgehead atoms. The molecule has 30 heavy (non-hydrogen) atoms. The molecular weight excluding hydrogens is 400 g/mol. The maximum Gasteiger partial charge on any atom is 0.231 e. The highest BCUT2D eigenvalue weighted by Crippen LogP contribution is 2.24. The molecule has 7 nitrogen and oxygen atoms in total. The molecule has 2 aromatic carbocycles. The highest BCUT2D eigenvalue weighted by molar-refractivity contribution is 7.15. The van der Waals surface area contributed by atoms with Crippen molar-refractivity contribution in [1.29, 1.82) is 0 Å². The fourth-order valence-electron chi connectivity index (χ4n) is 3.41. The van der Waals surface area contributed by atoms with E-state index in [1.54, 1.807) is 12.0 Å². The summed E-state index contributed by atoms with van der Waals surface area (Å²) in [5.74, 6) is 0.231. The maximum absolute atomic E-state index is 12.6. The van der Waals surface area contributed by atoms with Crippen LogP contribution in [0.25, 0.3) is 0 Å². The van der Waals surface area contributed by atoms with Gasteiger partial charge in [-0.15, -0.1) is 10.2 Å². The average Bonchev–Trinajstić information content (AvgIpc) is 3.35. The van der Waals surface area contributed by atoms with Gasteiger partial charge in [0.15, 0.2) is 0 Å². The monoisotopic (exact) mass is 422 g/mol. The van der Waals surface area contributed by atoms with E-state index in [0.29, 0.717) is 24.6 Å². The summed E-state index contributed by atoms with van der Waals surface area (Å²) in [4.78, 5) is 26.7. The van der Waals surface area contributed by atoms with E-state index in [1.165, 1.54) is 11.3 Å². The molecule has 1 N–H and O–H groups in total. The van der Waals surface area contributed by atoms with Crippen molar-refractivity contribution >= 4 is 28.3 Å². The summed E-state index contributed by atoms with van der Waals surface area (Å²) < 4.78 is 5.16. The largest absolute Gasteiger partial charge is 0.497 e. The van der Waals surface area contributed by atoms with E-state index >= 15 is 0 Å². The minimum Gasteiger partial charge on any atom is -0.497 e. The lowest BCUT2D eigenvalue weighted by Crippen LogP contribution is -2.28. The van der Waals surface area contributed by atoms with Crippen molar-refractivity contribution in [2.75, 3.05) is 19.0 Å². The molecule has 1 fully saturated rings. The number of hydrogen-bond donors (Lipinski definition) is 1. The Kier molecular flexibility index (Phi) is 6.04. The number of nitrogens with one attached hydrogen (secondary N) is 1. The predicted octanol–water partition coefficient (Wildman–Crippen LogP) is 3.12. The van der Waals surface area contributed by atoms with Crippen molar-refractivity contribution < 1.29 is 14.3 Å². The number of methoxy groups -OCH3 is 1. The summed E-state index contributed by atoms with van der Waals surface area (Å²) in [5.41, 5.74) is 2.14. The Hall–Kier alpha value is -3.26. The number of likely N-dealkylation sites (tertiary alicyclic amines) is 1. The quantitative estimate of drug-likeness (QED) is 0.632. The number of ether oxygens (including phenoxy) is 1. The Balaban J connectivity index is 1.32. The van der Waals surface area contributed by atoms with Crippen molar-refractivity contribution in [2.45, 2.75) is 19.4 Å². The van der Waals surface area contributed by atoms with Crippen molar-refractivity contribution in [3.05, 3.63) is 70.7 Å². The zero-order valence-electron chi connectivity index (χ0n) is 16.6. The highest BCUT2D eigenvalue weighted by atomic mass is 32.1. The van der Waals surface area contributed by atoms with E-state index in [0.717, 1.165) is 21.9 Å². The van der Waals surface area contributed by atoms with Gasteiger partial charge in [-0.2, -0.15) is 0 Å². The Labute approximate surface area is 178 Å². The van der Waals surface area contributed by atoms with Crippen LogP contribution in [0.2, 0.25) is 0 Å². The molecule has 8 heteroatoms. The predicted molar refractivity (Wildman–Crippen MR) is 114 cm³/mol. The number of rotatable bonds is 7. The summed E-state index contributed by atoms with van der Waals surface area (Å²) in [6, 6.07) is 17.5. The van der Waals surface area contributed by atoms with Crippen LogP contribution in [0, 0.1) is 5.92 Å². The lowest BCUT2D eigenvalue weighted by Gasteiger charge is -2.16. The van der Waals surface area contributed by atoms with Crippen LogP contribution in [0.3, 0.4) is 0 Å². The fraction of sp³-hybridized carbons (Fsp3) is 0.273. The van der Waals surface area contributed by atoms with Crippen LogP contribution in [-0.4, -0.2) is 40.6 Å².